The topological polar surface area (TPSA) is 65.6 Å². The lowest BCUT2D eigenvalue weighted by atomic mass is 10.0. The van der Waals surface area contributed by atoms with Gasteiger partial charge in [0.1, 0.15) is 11.5 Å². The van der Waals surface area contributed by atoms with Crippen molar-refractivity contribution in [3.63, 3.8) is 0 Å². The van der Waals surface area contributed by atoms with Gasteiger partial charge in [-0.3, -0.25) is 0 Å². The van der Waals surface area contributed by atoms with E-state index in [0.717, 1.165) is 50.2 Å². The fraction of sp³-hybridized carbons (Fsp3) is 0.121. The van der Waals surface area contributed by atoms with Crippen LogP contribution in [0.1, 0.15) is 21.5 Å². The number of aromatic carboxylic acids is 1. The lowest BCUT2D eigenvalue weighted by Gasteiger charge is -2.11. The normalized spacial score (nSPS) is 11.2. The van der Waals surface area contributed by atoms with Crippen LogP contribution in [-0.4, -0.2) is 34.4 Å². The van der Waals surface area contributed by atoms with Crippen molar-refractivity contribution in [3.8, 4) is 22.6 Å². The van der Waals surface area contributed by atoms with Gasteiger partial charge in [0.2, 0.25) is 0 Å². The van der Waals surface area contributed by atoms with Gasteiger partial charge >= 0.3 is 5.97 Å². The molecule has 0 aliphatic rings. The van der Waals surface area contributed by atoms with Crippen molar-refractivity contribution in [1.82, 2.24) is 9.13 Å². The highest BCUT2D eigenvalue weighted by molar-refractivity contribution is 5.90. The largest absolute Gasteiger partial charge is 0.497 e. The Hall–Kier alpha value is -4.97. The smallest absolute Gasteiger partial charge is 0.335 e. The summed E-state index contributed by atoms with van der Waals surface area (Å²) in [5, 5.41) is 11.7. The number of carbonyl (C=O) groups is 1. The second-order valence-corrected chi connectivity index (χ2v) is 9.66. The molecule has 0 fully saturated rings. The van der Waals surface area contributed by atoms with Crippen molar-refractivity contribution in [1.29, 1.82) is 0 Å². The molecule has 2 heterocycles. The summed E-state index contributed by atoms with van der Waals surface area (Å²) < 4.78 is 15.3. The van der Waals surface area contributed by atoms with E-state index in [-0.39, 0.29) is 0 Å². The Balaban J connectivity index is 1.34. The fourth-order valence-electron chi connectivity index (χ4n) is 5.16. The minimum absolute atomic E-state index is 0.299. The summed E-state index contributed by atoms with van der Waals surface area (Å²) in [5.74, 6) is 0.627. The highest BCUT2D eigenvalue weighted by atomic mass is 16.5. The van der Waals surface area contributed by atoms with Crippen LogP contribution in [0.3, 0.4) is 0 Å². The number of methoxy groups -OCH3 is 2. The molecule has 0 amide bonds. The number of ether oxygens (including phenoxy) is 2. The van der Waals surface area contributed by atoms with Crippen LogP contribution < -0.4 is 9.47 Å². The summed E-state index contributed by atoms with van der Waals surface area (Å²) in [6.07, 6.45) is 4.17. The van der Waals surface area contributed by atoms with E-state index in [9.17, 15) is 9.90 Å². The minimum atomic E-state index is -0.915. The van der Waals surface area contributed by atoms with Crippen LogP contribution in [0, 0.1) is 0 Å². The molecule has 0 aliphatic carbocycles. The Morgan fingerprint density at radius 3 is 1.77 bits per heavy atom. The molecule has 0 spiro atoms. The van der Waals surface area contributed by atoms with Crippen LogP contribution in [-0.2, 0) is 13.1 Å². The molecule has 0 unspecified atom stereocenters. The van der Waals surface area contributed by atoms with Crippen molar-refractivity contribution in [3.05, 3.63) is 120 Å². The van der Waals surface area contributed by atoms with E-state index in [1.807, 2.05) is 24.3 Å². The standard InChI is InChI=1S/C33H28N2O4/c1-38-29-15-23(16-30(19-29)39-2)21-35-13-11-25-7-9-27(18-32(25)35)26-8-6-24-10-12-34(31(24)17-26)20-22-4-3-5-28(14-22)33(36)37/h3-19H,20-21H2,1-2H3,(H,36,37). The number of nitrogens with zero attached hydrogens (tertiary/aromatic N) is 2. The summed E-state index contributed by atoms with van der Waals surface area (Å²) >= 11 is 0. The number of hydrogen-bond acceptors (Lipinski definition) is 3. The summed E-state index contributed by atoms with van der Waals surface area (Å²) in [4.78, 5) is 11.4. The van der Waals surface area contributed by atoms with Crippen LogP contribution in [0.5, 0.6) is 11.5 Å². The molecular formula is C33H28N2O4. The van der Waals surface area contributed by atoms with E-state index in [0.29, 0.717) is 18.7 Å². The van der Waals surface area contributed by atoms with E-state index >= 15 is 0 Å². The van der Waals surface area contributed by atoms with Crippen molar-refractivity contribution in [2.45, 2.75) is 13.1 Å². The maximum atomic E-state index is 11.4. The lowest BCUT2D eigenvalue weighted by molar-refractivity contribution is 0.0696. The molecular weight excluding hydrogens is 488 g/mol. The van der Waals surface area contributed by atoms with E-state index in [4.69, 9.17) is 9.47 Å². The molecule has 0 saturated heterocycles. The van der Waals surface area contributed by atoms with E-state index in [1.54, 1.807) is 32.4 Å². The van der Waals surface area contributed by atoms with Gasteiger partial charge in [-0.1, -0.05) is 36.4 Å². The first-order chi connectivity index (χ1) is 19.0. The Morgan fingerprint density at radius 1 is 0.667 bits per heavy atom. The molecule has 4 aromatic carbocycles. The predicted molar refractivity (Wildman–Crippen MR) is 154 cm³/mol. The Kier molecular flexibility index (Phi) is 6.29. The highest BCUT2D eigenvalue weighted by Gasteiger charge is 2.10. The van der Waals surface area contributed by atoms with Gasteiger partial charge < -0.3 is 23.7 Å². The van der Waals surface area contributed by atoms with Crippen LogP contribution in [0.2, 0.25) is 0 Å². The van der Waals surface area contributed by atoms with Gasteiger partial charge in [-0.05, 0) is 81.6 Å². The zero-order valence-electron chi connectivity index (χ0n) is 21.8. The number of rotatable bonds is 8. The van der Waals surface area contributed by atoms with Crippen LogP contribution in [0.25, 0.3) is 32.9 Å². The lowest BCUT2D eigenvalue weighted by Crippen LogP contribution is -2.01. The van der Waals surface area contributed by atoms with Gasteiger partial charge in [0, 0.05) is 42.6 Å². The van der Waals surface area contributed by atoms with Gasteiger partial charge in [0.25, 0.3) is 0 Å². The molecule has 39 heavy (non-hydrogen) atoms. The van der Waals surface area contributed by atoms with Gasteiger partial charge in [-0.25, -0.2) is 4.79 Å². The summed E-state index contributed by atoms with van der Waals surface area (Å²) in [6.45, 7) is 1.29. The highest BCUT2D eigenvalue weighted by Crippen LogP contribution is 2.30. The molecule has 2 aromatic heterocycles. The molecule has 0 atom stereocenters. The summed E-state index contributed by atoms with van der Waals surface area (Å²) in [7, 11) is 3.33. The average molecular weight is 517 g/mol. The number of fused-ring (bicyclic) bond motifs is 2. The van der Waals surface area contributed by atoms with E-state index in [1.165, 1.54) is 5.39 Å². The van der Waals surface area contributed by atoms with E-state index in [2.05, 4.69) is 70.1 Å². The first-order valence-electron chi connectivity index (χ1n) is 12.7. The Labute approximate surface area is 226 Å². The third kappa shape index (κ3) is 4.84. The van der Waals surface area contributed by atoms with Gasteiger partial charge in [-0.15, -0.1) is 0 Å². The molecule has 6 rings (SSSR count). The maximum Gasteiger partial charge on any atom is 0.335 e. The molecule has 0 bridgehead atoms. The predicted octanol–water partition coefficient (Wildman–Crippen LogP) is 7.08. The van der Waals surface area contributed by atoms with Crippen LogP contribution >= 0.6 is 0 Å². The molecule has 0 aliphatic heterocycles. The third-order valence-corrected chi connectivity index (χ3v) is 7.17. The number of carboxylic acid groups (broad SMARTS) is 1. The van der Waals surface area contributed by atoms with Gasteiger partial charge in [-0.2, -0.15) is 0 Å². The summed E-state index contributed by atoms with van der Waals surface area (Å²) in [5.41, 5.74) is 6.86. The van der Waals surface area contributed by atoms with Crippen molar-refractivity contribution >= 4 is 27.8 Å². The monoisotopic (exact) mass is 516 g/mol. The number of aromatic nitrogens is 2. The number of hydrogen-bond donors (Lipinski definition) is 1. The van der Waals surface area contributed by atoms with Crippen molar-refractivity contribution < 1.29 is 19.4 Å². The van der Waals surface area contributed by atoms with E-state index < -0.39 is 5.97 Å². The number of carboxylic acids is 1. The Morgan fingerprint density at radius 2 is 1.23 bits per heavy atom. The average Bonchev–Trinajstić information content (AvgIpc) is 3.56. The minimum Gasteiger partial charge on any atom is -0.497 e. The van der Waals surface area contributed by atoms with Crippen LogP contribution in [0.4, 0.5) is 0 Å². The molecule has 6 heteroatoms. The van der Waals surface area contributed by atoms with Crippen molar-refractivity contribution in [2.24, 2.45) is 0 Å². The Bertz CT molecular complexity index is 1810. The molecule has 0 radical (unpaired) electrons. The summed E-state index contributed by atoms with van der Waals surface area (Å²) in [6, 6.07) is 30.3. The second kappa shape index (κ2) is 10.1. The second-order valence-electron chi connectivity index (χ2n) is 9.66. The van der Waals surface area contributed by atoms with Crippen LogP contribution in [0.15, 0.2) is 103 Å². The zero-order valence-corrected chi connectivity index (χ0v) is 21.8. The molecule has 0 saturated carbocycles. The van der Waals surface area contributed by atoms with Gasteiger partial charge in [0.15, 0.2) is 0 Å². The number of benzene rings is 4. The zero-order chi connectivity index (χ0) is 26.9. The molecule has 6 nitrogen and oxygen atoms in total. The van der Waals surface area contributed by atoms with Gasteiger partial charge in [0.05, 0.1) is 19.8 Å². The maximum absolute atomic E-state index is 11.4. The third-order valence-electron chi connectivity index (χ3n) is 7.17. The fourth-order valence-corrected chi connectivity index (χ4v) is 5.16. The quantitative estimate of drug-likeness (QED) is 0.235. The first kappa shape index (κ1) is 24.4. The molecule has 1 N–H and O–H groups in total. The molecule has 194 valence electrons. The first-order valence-corrected chi connectivity index (χ1v) is 12.7. The SMILES string of the molecule is COc1cc(Cn2ccc3ccc(-c4ccc5ccn(Cc6cccc(C(=O)O)c6)c5c4)cc32)cc(OC)c1. The van der Waals surface area contributed by atoms with Crippen molar-refractivity contribution in [2.75, 3.05) is 14.2 Å². The molecule has 6 aromatic rings.